The summed E-state index contributed by atoms with van der Waals surface area (Å²) in [5, 5.41) is 0. The first-order valence-electron chi connectivity index (χ1n) is 8.40. The van der Waals surface area contributed by atoms with E-state index in [0.717, 1.165) is 22.3 Å². The van der Waals surface area contributed by atoms with Gasteiger partial charge < -0.3 is 0 Å². The molecule has 0 amide bonds. The van der Waals surface area contributed by atoms with Crippen LogP contribution in [0.3, 0.4) is 0 Å². The van der Waals surface area contributed by atoms with Crippen molar-refractivity contribution in [1.82, 2.24) is 0 Å². The summed E-state index contributed by atoms with van der Waals surface area (Å²) >= 11 is -5.23. The first kappa shape index (κ1) is 21.1. The first-order valence-corrected chi connectivity index (χ1v) is 15.1. The van der Waals surface area contributed by atoms with Gasteiger partial charge in [0.15, 0.2) is 0 Å². The predicted molar refractivity (Wildman–Crippen MR) is 102 cm³/mol. The summed E-state index contributed by atoms with van der Waals surface area (Å²) in [5.41, 5.74) is 3.45. The molecular weight excluding hydrogens is 543 g/mol. The molecule has 0 radical (unpaired) electrons. The zero-order valence-corrected chi connectivity index (χ0v) is 19.9. The molecule has 6 nitrogen and oxygen atoms in total. The van der Waals surface area contributed by atoms with Crippen molar-refractivity contribution in [3.63, 3.8) is 0 Å². The summed E-state index contributed by atoms with van der Waals surface area (Å²) in [5.74, 6) is -1.99. The fourth-order valence-electron chi connectivity index (χ4n) is 3.03. The van der Waals surface area contributed by atoms with E-state index in [2.05, 4.69) is 0 Å². The minimum atomic E-state index is -5.23. The normalized spacial score (nSPS) is 10.9. The number of rotatable bonds is 5. The Kier molecular flexibility index (Phi) is 6.74. The van der Waals surface area contributed by atoms with Crippen molar-refractivity contribution in [2.75, 3.05) is 0 Å². The van der Waals surface area contributed by atoms with E-state index in [9.17, 15) is 14.4 Å². The first-order chi connectivity index (χ1) is 12.6. The van der Waals surface area contributed by atoms with Crippen LogP contribution in [-0.4, -0.2) is 40.4 Å². The van der Waals surface area contributed by atoms with Crippen molar-refractivity contribution in [3.05, 3.63) is 53.6 Å². The molecule has 0 unspecified atom stereocenters. The molecule has 0 saturated carbocycles. The molecule has 0 atom stereocenters. The zero-order valence-electron chi connectivity index (χ0n) is 16.0. The maximum absolute atomic E-state index is 11.8. The van der Waals surface area contributed by atoms with Gasteiger partial charge in [0.1, 0.15) is 0 Å². The van der Waals surface area contributed by atoms with Crippen molar-refractivity contribution in [2.45, 2.75) is 34.6 Å². The van der Waals surface area contributed by atoms with E-state index in [1.54, 1.807) is 0 Å². The van der Waals surface area contributed by atoms with Gasteiger partial charge in [0.05, 0.1) is 0 Å². The number of hydrogen-bond acceptors (Lipinski definition) is 6. The molecule has 142 valence electrons. The van der Waals surface area contributed by atoms with Gasteiger partial charge >= 0.3 is 165 Å². The third-order valence-electron chi connectivity index (χ3n) is 3.78. The van der Waals surface area contributed by atoms with Gasteiger partial charge in [-0.05, 0) is 0 Å². The number of benzene rings is 2. The number of carbonyl (C=O) groups excluding carboxylic acids is 3. The average molecular weight is 566 g/mol. The second-order valence-corrected chi connectivity index (χ2v) is 14.8. The van der Waals surface area contributed by atoms with Gasteiger partial charge in [-0.2, -0.15) is 0 Å². The van der Waals surface area contributed by atoms with Gasteiger partial charge in [-0.15, -0.1) is 0 Å². The number of hydrogen-bond donors (Lipinski definition) is 0. The molecule has 0 saturated heterocycles. The van der Waals surface area contributed by atoms with E-state index >= 15 is 0 Å². The van der Waals surface area contributed by atoms with Crippen molar-refractivity contribution in [1.29, 1.82) is 0 Å². The Hall–Kier alpha value is -2.23. The fourth-order valence-corrected chi connectivity index (χ4v) is 13.4. The van der Waals surface area contributed by atoms with Gasteiger partial charge in [-0.25, -0.2) is 0 Å². The summed E-state index contributed by atoms with van der Waals surface area (Å²) in [7, 11) is 0. The third kappa shape index (κ3) is 5.15. The van der Waals surface area contributed by atoms with E-state index in [1.807, 2.05) is 56.3 Å². The van der Waals surface area contributed by atoms with Gasteiger partial charge in [0.25, 0.3) is 0 Å². The quantitative estimate of drug-likeness (QED) is 0.519. The second-order valence-electron chi connectivity index (χ2n) is 6.19. The maximum atomic E-state index is 11.8. The summed E-state index contributed by atoms with van der Waals surface area (Å²) in [6.45, 7) is 7.24. The predicted octanol–water partition coefficient (Wildman–Crippen LogP) is 2.81. The Bertz CT molecular complexity index is 811. The van der Waals surface area contributed by atoms with Gasteiger partial charge in [-0.1, -0.05) is 0 Å². The average Bonchev–Trinajstić information content (AvgIpc) is 2.52. The molecule has 0 N–H and O–H groups in total. The molecule has 0 bridgehead atoms. The van der Waals surface area contributed by atoms with Gasteiger partial charge in [0.2, 0.25) is 0 Å². The van der Waals surface area contributed by atoms with Crippen molar-refractivity contribution >= 4 is 43.6 Å². The van der Waals surface area contributed by atoms with Crippen LogP contribution in [0.4, 0.5) is 0 Å². The van der Waals surface area contributed by atoms with E-state index in [0.29, 0.717) is 3.12 Å². The molecule has 2 aromatic rings. The van der Waals surface area contributed by atoms with E-state index < -0.39 is 40.4 Å². The SMILES string of the molecule is CC(=O)[O][Pb]([O]C(C)=O)([O]C(C)=O)[c]1c(C)cc(-c2ccccc2)cc1C. The molecule has 2 aromatic carbocycles. The molecule has 0 aliphatic carbocycles. The molecule has 7 heteroatoms. The summed E-state index contributed by atoms with van der Waals surface area (Å²) in [6.07, 6.45) is 0. The summed E-state index contributed by atoms with van der Waals surface area (Å²) in [4.78, 5) is 35.3. The fraction of sp³-hybridized carbons (Fsp3) is 0.250. The second kappa shape index (κ2) is 8.64. The molecule has 0 fully saturated rings. The molecule has 0 spiro atoms. The standard InChI is InChI=1S/C14H13.3C2H4O2.Pb/c1-11-8-12(2)10-14(9-11)13-6-4-3-5-7-13;3*1-2(3)4;/h3-7,9-10H,1-2H3;3*1H3,(H,3,4);/q;;;;+3/p-3. The number of carbonyl (C=O) groups is 3. The van der Waals surface area contributed by atoms with Crippen LogP contribution in [0.15, 0.2) is 42.5 Å². The van der Waals surface area contributed by atoms with Crippen molar-refractivity contribution in [2.24, 2.45) is 0 Å². The van der Waals surface area contributed by atoms with Crippen LogP contribution in [0.2, 0.25) is 0 Å². The summed E-state index contributed by atoms with van der Waals surface area (Å²) in [6, 6.07) is 13.6. The minimum absolute atomic E-state index is 0.516. The molecule has 27 heavy (non-hydrogen) atoms. The Balaban J connectivity index is 2.68. The van der Waals surface area contributed by atoms with Crippen LogP contribution >= 0.6 is 0 Å². The van der Waals surface area contributed by atoms with Crippen LogP contribution < -0.4 is 3.12 Å². The van der Waals surface area contributed by atoms with Crippen LogP contribution in [0.25, 0.3) is 11.1 Å². The Morgan fingerprint density at radius 3 is 1.48 bits per heavy atom. The molecule has 0 aromatic heterocycles. The monoisotopic (exact) mass is 566 g/mol. The van der Waals surface area contributed by atoms with E-state index in [-0.39, 0.29) is 0 Å². The van der Waals surface area contributed by atoms with Crippen LogP contribution in [0.1, 0.15) is 31.9 Å². The van der Waals surface area contributed by atoms with Crippen LogP contribution in [0, 0.1) is 13.8 Å². The molecular formula is C20H22O6Pb. The third-order valence-corrected chi connectivity index (χ3v) is 15.7. The molecule has 2 rings (SSSR count). The summed E-state index contributed by atoms with van der Waals surface area (Å²) < 4.78 is 16.9. The van der Waals surface area contributed by atoms with E-state index in [4.69, 9.17) is 8.06 Å². The van der Waals surface area contributed by atoms with Crippen LogP contribution in [0.5, 0.6) is 0 Å². The van der Waals surface area contributed by atoms with Gasteiger partial charge in [-0.3, -0.25) is 0 Å². The van der Waals surface area contributed by atoms with Crippen molar-refractivity contribution < 1.29 is 22.4 Å². The molecule has 0 heterocycles. The van der Waals surface area contributed by atoms with Crippen molar-refractivity contribution in [3.8, 4) is 11.1 Å². The number of aryl methyl sites for hydroxylation is 2. The topological polar surface area (TPSA) is 78.9 Å². The Labute approximate surface area is 165 Å². The zero-order chi connectivity index (χ0) is 20.2. The van der Waals surface area contributed by atoms with E-state index in [1.165, 1.54) is 20.8 Å². The molecule has 0 aliphatic rings. The Morgan fingerprint density at radius 2 is 1.11 bits per heavy atom. The molecule has 0 aliphatic heterocycles. The Morgan fingerprint density at radius 1 is 0.704 bits per heavy atom. The van der Waals surface area contributed by atoms with Gasteiger partial charge in [0, 0.05) is 0 Å². The van der Waals surface area contributed by atoms with Crippen LogP contribution in [-0.2, 0) is 22.4 Å².